The van der Waals surface area contributed by atoms with Crippen molar-refractivity contribution in [1.29, 1.82) is 0 Å². The van der Waals surface area contributed by atoms with Crippen LogP contribution in [0.25, 0.3) is 0 Å². The van der Waals surface area contributed by atoms with Gasteiger partial charge in [-0.3, -0.25) is 4.79 Å². The van der Waals surface area contributed by atoms with Crippen LogP contribution in [0.1, 0.15) is 20.3 Å². The number of ether oxygens (including phenoxy) is 2. The summed E-state index contributed by atoms with van der Waals surface area (Å²) in [6.45, 7) is 4.05. The molecule has 58 valence electrons. The summed E-state index contributed by atoms with van der Waals surface area (Å²) in [4.78, 5) is 10.7. The molecule has 0 N–H and O–H groups in total. The van der Waals surface area contributed by atoms with E-state index in [4.69, 9.17) is 9.47 Å². The van der Waals surface area contributed by atoms with Crippen molar-refractivity contribution >= 4 is 5.78 Å². The van der Waals surface area contributed by atoms with Gasteiger partial charge in [0.15, 0.2) is 5.78 Å². The van der Waals surface area contributed by atoms with Gasteiger partial charge in [0.25, 0.3) is 0 Å². The van der Waals surface area contributed by atoms with Crippen molar-refractivity contribution in [3.8, 4) is 0 Å². The van der Waals surface area contributed by atoms with Gasteiger partial charge in [-0.2, -0.15) is 0 Å². The molecular formula is C7H12O3. The Morgan fingerprint density at radius 3 is 2.70 bits per heavy atom. The third-order valence-electron chi connectivity index (χ3n) is 1.48. The van der Waals surface area contributed by atoms with Crippen LogP contribution in [0.5, 0.6) is 0 Å². The van der Waals surface area contributed by atoms with Crippen LogP contribution in [0.3, 0.4) is 0 Å². The molecule has 0 spiro atoms. The summed E-state index contributed by atoms with van der Waals surface area (Å²) in [5.41, 5.74) is 0. The second-order valence-corrected chi connectivity index (χ2v) is 2.55. The highest BCUT2D eigenvalue weighted by atomic mass is 16.7. The first-order valence-corrected chi connectivity index (χ1v) is 3.47. The first kappa shape index (κ1) is 7.69. The molecule has 0 aromatic carbocycles. The number of ketones is 1. The van der Waals surface area contributed by atoms with Gasteiger partial charge in [-0.05, 0) is 20.3 Å². The van der Waals surface area contributed by atoms with E-state index in [9.17, 15) is 4.79 Å². The summed E-state index contributed by atoms with van der Waals surface area (Å²) in [5.74, 6) is -0.0495. The molecule has 10 heavy (non-hydrogen) atoms. The van der Waals surface area contributed by atoms with E-state index in [-0.39, 0.29) is 11.9 Å². The summed E-state index contributed by atoms with van der Waals surface area (Å²) < 4.78 is 10.2. The lowest BCUT2D eigenvalue weighted by Crippen LogP contribution is -2.35. The van der Waals surface area contributed by atoms with Gasteiger partial charge in [-0.25, -0.2) is 0 Å². The van der Waals surface area contributed by atoms with Gasteiger partial charge in [-0.15, -0.1) is 0 Å². The lowest BCUT2D eigenvalue weighted by molar-refractivity contribution is -0.205. The Kier molecular flexibility index (Phi) is 2.40. The monoisotopic (exact) mass is 144 g/mol. The normalized spacial score (nSPS) is 33.8. The topological polar surface area (TPSA) is 35.5 Å². The quantitative estimate of drug-likeness (QED) is 0.544. The van der Waals surface area contributed by atoms with Gasteiger partial charge in [0.2, 0.25) is 6.29 Å². The highest BCUT2D eigenvalue weighted by Crippen LogP contribution is 2.11. The number of Topliss-reactive ketones (excluding diaryl/α,β-unsaturated/α-hetero) is 1. The highest BCUT2D eigenvalue weighted by Gasteiger charge is 2.22. The van der Waals surface area contributed by atoms with Crippen molar-refractivity contribution in [2.75, 3.05) is 6.61 Å². The molecule has 1 rings (SSSR count). The lowest BCUT2D eigenvalue weighted by Gasteiger charge is -2.25. The van der Waals surface area contributed by atoms with Crippen LogP contribution in [0.2, 0.25) is 0 Å². The Labute approximate surface area is 60.3 Å². The molecule has 1 aliphatic rings. The largest absolute Gasteiger partial charge is 0.346 e. The number of carbonyl (C=O) groups is 1. The fourth-order valence-electron chi connectivity index (χ4n) is 0.873. The highest BCUT2D eigenvalue weighted by molar-refractivity contribution is 5.79. The van der Waals surface area contributed by atoms with E-state index in [0.717, 1.165) is 6.42 Å². The standard InChI is InChI=1S/C7H12O3/c1-5-3-4-9-7(10-5)6(2)8/h5,7H,3-4H2,1-2H3/t5-,7+/m1/s1. The van der Waals surface area contributed by atoms with Gasteiger partial charge >= 0.3 is 0 Å². The molecule has 0 aliphatic carbocycles. The minimum atomic E-state index is -0.608. The van der Waals surface area contributed by atoms with Crippen LogP contribution >= 0.6 is 0 Å². The zero-order valence-electron chi connectivity index (χ0n) is 6.29. The van der Waals surface area contributed by atoms with E-state index in [0.29, 0.717) is 6.61 Å². The molecule has 1 fully saturated rings. The average molecular weight is 144 g/mol. The molecule has 0 unspecified atom stereocenters. The Morgan fingerprint density at radius 2 is 2.30 bits per heavy atom. The molecule has 0 amide bonds. The number of hydrogen-bond acceptors (Lipinski definition) is 3. The summed E-state index contributed by atoms with van der Waals surface area (Å²) in [6, 6.07) is 0. The van der Waals surface area contributed by atoms with Crippen molar-refractivity contribution in [3.63, 3.8) is 0 Å². The van der Waals surface area contributed by atoms with Gasteiger partial charge in [-0.1, -0.05) is 0 Å². The molecule has 1 aliphatic heterocycles. The van der Waals surface area contributed by atoms with Crippen LogP contribution < -0.4 is 0 Å². The van der Waals surface area contributed by atoms with Crippen molar-refractivity contribution in [2.24, 2.45) is 0 Å². The van der Waals surface area contributed by atoms with Crippen LogP contribution in [-0.4, -0.2) is 24.8 Å². The van der Waals surface area contributed by atoms with Gasteiger partial charge < -0.3 is 9.47 Å². The van der Waals surface area contributed by atoms with Crippen molar-refractivity contribution in [3.05, 3.63) is 0 Å². The molecule has 0 aromatic rings. The smallest absolute Gasteiger partial charge is 0.217 e. The Morgan fingerprint density at radius 1 is 1.60 bits per heavy atom. The fourth-order valence-corrected chi connectivity index (χ4v) is 0.873. The molecule has 0 saturated carbocycles. The molecule has 2 atom stereocenters. The summed E-state index contributed by atoms with van der Waals surface area (Å²) in [6.07, 6.45) is 0.426. The Bertz CT molecular complexity index is 133. The van der Waals surface area contributed by atoms with E-state index in [1.165, 1.54) is 6.92 Å². The van der Waals surface area contributed by atoms with Gasteiger partial charge in [0.1, 0.15) is 0 Å². The van der Waals surface area contributed by atoms with Crippen LogP contribution in [-0.2, 0) is 14.3 Å². The maximum Gasteiger partial charge on any atom is 0.217 e. The minimum absolute atomic E-state index is 0.0495. The predicted molar refractivity (Wildman–Crippen MR) is 35.6 cm³/mol. The predicted octanol–water partition coefficient (Wildman–Crippen LogP) is 0.727. The van der Waals surface area contributed by atoms with Crippen LogP contribution in [0.4, 0.5) is 0 Å². The van der Waals surface area contributed by atoms with Crippen molar-refractivity contribution in [1.82, 2.24) is 0 Å². The molecule has 3 nitrogen and oxygen atoms in total. The number of hydrogen-bond donors (Lipinski definition) is 0. The van der Waals surface area contributed by atoms with E-state index in [1.54, 1.807) is 0 Å². The molecule has 0 aromatic heterocycles. The summed E-state index contributed by atoms with van der Waals surface area (Å²) in [5, 5.41) is 0. The Hall–Kier alpha value is -0.410. The molecular weight excluding hydrogens is 132 g/mol. The zero-order valence-corrected chi connectivity index (χ0v) is 6.29. The third-order valence-corrected chi connectivity index (χ3v) is 1.48. The van der Waals surface area contributed by atoms with Crippen LogP contribution in [0.15, 0.2) is 0 Å². The fraction of sp³-hybridized carbons (Fsp3) is 0.857. The van der Waals surface area contributed by atoms with E-state index in [1.807, 2.05) is 6.92 Å². The van der Waals surface area contributed by atoms with E-state index in [2.05, 4.69) is 0 Å². The molecule has 3 heteroatoms. The van der Waals surface area contributed by atoms with E-state index >= 15 is 0 Å². The molecule has 1 saturated heterocycles. The maximum atomic E-state index is 10.7. The van der Waals surface area contributed by atoms with Crippen molar-refractivity contribution < 1.29 is 14.3 Å². The summed E-state index contributed by atoms with van der Waals surface area (Å²) >= 11 is 0. The second-order valence-electron chi connectivity index (χ2n) is 2.55. The lowest BCUT2D eigenvalue weighted by atomic mass is 10.2. The number of carbonyl (C=O) groups excluding carboxylic acids is 1. The first-order valence-electron chi connectivity index (χ1n) is 3.47. The van der Waals surface area contributed by atoms with Crippen molar-refractivity contribution in [2.45, 2.75) is 32.7 Å². The zero-order chi connectivity index (χ0) is 7.56. The molecule has 0 radical (unpaired) electrons. The van der Waals surface area contributed by atoms with Gasteiger partial charge in [0.05, 0.1) is 12.7 Å². The van der Waals surface area contributed by atoms with Gasteiger partial charge in [0, 0.05) is 0 Å². The van der Waals surface area contributed by atoms with Crippen LogP contribution in [0, 0.1) is 0 Å². The first-order chi connectivity index (χ1) is 4.70. The minimum Gasteiger partial charge on any atom is -0.346 e. The third kappa shape index (κ3) is 1.78. The molecule has 1 heterocycles. The average Bonchev–Trinajstić information content (AvgIpc) is 1.88. The second kappa shape index (κ2) is 3.12. The molecule has 0 bridgehead atoms. The Balaban J connectivity index is 2.39. The maximum absolute atomic E-state index is 10.7. The summed E-state index contributed by atoms with van der Waals surface area (Å²) in [7, 11) is 0. The van der Waals surface area contributed by atoms with E-state index < -0.39 is 6.29 Å². The SMILES string of the molecule is CC(=O)[C@H]1OCC[C@@H](C)O1. The number of rotatable bonds is 1.